The number of anilines is 2. The van der Waals surface area contributed by atoms with E-state index in [1.807, 2.05) is 4.90 Å². The summed E-state index contributed by atoms with van der Waals surface area (Å²) >= 11 is 0. The summed E-state index contributed by atoms with van der Waals surface area (Å²) in [6.45, 7) is 7.26. The van der Waals surface area contributed by atoms with Crippen LogP contribution in [0.5, 0.6) is 0 Å². The third kappa shape index (κ3) is 3.49. The largest absolute Gasteiger partial charge is 0.352 e. The van der Waals surface area contributed by atoms with Gasteiger partial charge in [0, 0.05) is 59.3 Å². The van der Waals surface area contributed by atoms with Crippen molar-refractivity contribution in [2.45, 2.75) is 6.92 Å². The lowest BCUT2D eigenvalue weighted by Crippen LogP contribution is -2.49. The molecule has 3 rings (SSSR count). The predicted octanol–water partition coefficient (Wildman–Crippen LogP) is -1.18. The second-order valence-electron chi connectivity index (χ2n) is 5.74. The molecule has 0 aliphatic carbocycles. The highest BCUT2D eigenvalue weighted by atomic mass is 16.2. The molecule has 2 saturated heterocycles. The standard InChI is InChI=1S/C14H21N7O2/c1-12(23)19-6-8-21(9-7-19)14-16-13(10-15-17-14)20-4-2-18(11-22)3-5-20/h10-11H,2-9H2,1H3. The van der Waals surface area contributed by atoms with Crippen molar-refractivity contribution in [3.63, 3.8) is 0 Å². The van der Waals surface area contributed by atoms with Crippen LogP contribution in [0.2, 0.25) is 0 Å². The van der Waals surface area contributed by atoms with E-state index in [1.54, 1.807) is 18.0 Å². The van der Waals surface area contributed by atoms with Crippen LogP contribution in [0, 0.1) is 0 Å². The molecule has 1 aromatic heterocycles. The van der Waals surface area contributed by atoms with Crippen molar-refractivity contribution in [2.75, 3.05) is 62.2 Å². The number of piperazine rings is 2. The molecule has 2 fully saturated rings. The van der Waals surface area contributed by atoms with Gasteiger partial charge < -0.3 is 19.6 Å². The van der Waals surface area contributed by atoms with E-state index in [1.165, 1.54) is 0 Å². The number of hydrogen-bond acceptors (Lipinski definition) is 7. The first-order valence-electron chi connectivity index (χ1n) is 7.82. The van der Waals surface area contributed by atoms with Crippen molar-refractivity contribution in [3.8, 4) is 0 Å². The van der Waals surface area contributed by atoms with Crippen LogP contribution in [-0.4, -0.2) is 89.7 Å². The third-order valence-electron chi connectivity index (χ3n) is 4.33. The zero-order chi connectivity index (χ0) is 16.2. The molecule has 9 heteroatoms. The Bertz CT molecular complexity index is 566. The lowest BCUT2D eigenvalue weighted by atomic mass is 10.3. The second kappa shape index (κ2) is 6.76. The summed E-state index contributed by atoms with van der Waals surface area (Å²) in [5.41, 5.74) is 0. The molecule has 2 aliphatic rings. The number of nitrogens with zero attached hydrogens (tertiary/aromatic N) is 7. The van der Waals surface area contributed by atoms with Crippen molar-refractivity contribution < 1.29 is 9.59 Å². The number of carbonyl (C=O) groups excluding carboxylic acids is 2. The van der Waals surface area contributed by atoms with E-state index in [0.717, 1.165) is 25.3 Å². The first kappa shape index (κ1) is 15.4. The van der Waals surface area contributed by atoms with Gasteiger partial charge in [-0.2, -0.15) is 10.1 Å². The highest BCUT2D eigenvalue weighted by Crippen LogP contribution is 2.16. The van der Waals surface area contributed by atoms with E-state index in [9.17, 15) is 9.59 Å². The lowest BCUT2D eigenvalue weighted by molar-refractivity contribution is -0.129. The number of rotatable bonds is 3. The van der Waals surface area contributed by atoms with Gasteiger partial charge in [-0.3, -0.25) is 9.59 Å². The van der Waals surface area contributed by atoms with Crippen LogP contribution in [0.1, 0.15) is 6.92 Å². The van der Waals surface area contributed by atoms with Crippen molar-refractivity contribution in [2.24, 2.45) is 0 Å². The Labute approximate surface area is 134 Å². The van der Waals surface area contributed by atoms with E-state index in [2.05, 4.69) is 25.0 Å². The summed E-state index contributed by atoms with van der Waals surface area (Å²) in [4.78, 5) is 34.5. The van der Waals surface area contributed by atoms with Crippen LogP contribution in [0.3, 0.4) is 0 Å². The smallest absolute Gasteiger partial charge is 0.247 e. The van der Waals surface area contributed by atoms with E-state index < -0.39 is 0 Å². The highest BCUT2D eigenvalue weighted by molar-refractivity contribution is 5.73. The third-order valence-corrected chi connectivity index (χ3v) is 4.33. The van der Waals surface area contributed by atoms with E-state index in [4.69, 9.17) is 0 Å². The van der Waals surface area contributed by atoms with Gasteiger partial charge in [0.15, 0.2) is 5.82 Å². The van der Waals surface area contributed by atoms with Gasteiger partial charge in [-0.1, -0.05) is 0 Å². The monoisotopic (exact) mass is 319 g/mol. The quantitative estimate of drug-likeness (QED) is 0.648. The number of aromatic nitrogens is 3. The molecule has 2 aliphatic heterocycles. The first-order valence-corrected chi connectivity index (χ1v) is 7.82. The normalized spacial score (nSPS) is 19.0. The molecular formula is C14H21N7O2. The Morgan fingerprint density at radius 2 is 1.70 bits per heavy atom. The zero-order valence-electron chi connectivity index (χ0n) is 13.3. The minimum absolute atomic E-state index is 0.102. The SMILES string of the molecule is CC(=O)N1CCN(c2nncc(N3CCN(C=O)CC3)n2)CC1. The maximum Gasteiger partial charge on any atom is 0.247 e. The van der Waals surface area contributed by atoms with Gasteiger partial charge in [-0.15, -0.1) is 5.10 Å². The number of amides is 2. The first-order chi connectivity index (χ1) is 11.2. The molecular weight excluding hydrogens is 298 g/mol. The van der Waals surface area contributed by atoms with Crippen LogP contribution < -0.4 is 9.80 Å². The summed E-state index contributed by atoms with van der Waals surface area (Å²) in [6, 6.07) is 0. The van der Waals surface area contributed by atoms with Crippen LogP contribution in [0.25, 0.3) is 0 Å². The minimum Gasteiger partial charge on any atom is -0.352 e. The summed E-state index contributed by atoms with van der Waals surface area (Å²) in [7, 11) is 0. The van der Waals surface area contributed by atoms with Crippen molar-refractivity contribution in [1.29, 1.82) is 0 Å². The molecule has 0 radical (unpaired) electrons. The van der Waals surface area contributed by atoms with Gasteiger partial charge in [0.1, 0.15) is 0 Å². The fourth-order valence-electron chi connectivity index (χ4n) is 2.85. The van der Waals surface area contributed by atoms with Gasteiger partial charge >= 0.3 is 0 Å². The summed E-state index contributed by atoms with van der Waals surface area (Å²) in [5.74, 6) is 1.49. The Kier molecular flexibility index (Phi) is 4.54. The Morgan fingerprint density at radius 1 is 1.04 bits per heavy atom. The van der Waals surface area contributed by atoms with Gasteiger partial charge in [0.05, 0.1) is 6.20 Å². The van der Waals surface area contributed by atoms with Crippen molar-refractivity contribution >= 4 is 24.1 Å². The number of hydrogen-bond donors (Lipinski definition) is 0. The van der Waals surface area contributed by atoms with E-state index >= 15 is 0 Å². The maximum atomic E-state index is 11.4. The topological polar surface area (TPSA) is 85.8 Å². The average Bonchev–Trinajstić information content (AvgIpc) is 2.62. The molecule has 0 saturated carbocycles. The fraction of sp³-hybridized carbons (Fsp3) is 0.643. The summed E-state index contributed by atoms with van der Waals surface area (Å²) in [5, 5.41) is 8.20. The molecule has 0 N–H and O–H groups in total. The lowest BCUT2D eigenvalue weighted by Gasteiger charge is -2.35. The molecule has 0 bridgehead atoms. The van der Waals surface area contributed by atoms with Gasteiger partial charge in [0.25, 0.3) is 0 Å². The summed E-state index contributed by atoms with van der Waals surface area (Å²) in [6.07, 6.45) is 2.54. The summed E-state index contributed by atoms with van der Waals surface area (Å²) < 4.78 is 0. The Morgan fingerprint density at radius 3 is 2.30 bits per heavy atom. The second-order valence-corrected chi connectivity index (χ2v) is 5.74. The Balaban J connectivity index is 1.64. The van der Waals surface area contributed by atoms with Crippen LogP contribution >= 0.6 is 0 Å². The molecule has 9 nitrogen and oxygen atoms in total. The Hall–Kier alpha value is -2.45. The van der Waals surface area contributed by atoms with Gasteiger partial charge in [-0.25, -0.2) is 0 Å². The highest BCUT2D eigenvalue weighted by Gasteiger charge is 2.22. The van der Waals surface area contributed by atoms with Crippen LogP contribution in [0.15, 0.2) is 6.20 Å². The molecule has 2 amide bonds. The van der Waals surface area contributed by atoms with Crippen molar-refractivity contribution in [3.05, 3.63) is 6.20 Å². The van der Waals surface area contributed by atoms with E-state index in [-0.39, 0.29) is 5.91 Å². The maximum absolute atomic E-state index is 11.4. The molecule has 0 aromatic carbocycles. The fourth-order valence-corrected chi connectivity index (χ4v) is 2.85. The zero-order valence-corrected chi connectivity index (χ0v) is 13.3. The van der Waals surface area contributed by atoms with Crippen LogP contribution in [-0.2, 0) is 9.59 Å². The molecule has 124 valence electrons. The molecule has 3 heterocycles. The van der Waals surface area contributed by atoms with E-state index in [0.29, 0.717) is 45.2 Å². The van der Waals surface area contributed by atoms with Gasteiger partial charge in [-0.05, 0) is 0 Å². The molecule has 23 heavy (non-hydrogen) atoms. The molecule has 0 spiro atoms. The van der Waals surface area contributed by atoms with Gasteiger partial charge in [0.2, 0.25) is 18.3 Å². The minimum atomic E-state index is 0.102. The van der Waals surface area contributed by atoms with Crippen LogP contribution in [0.4, 0.5) is 11.8 Å². The number of carbonyl (C=O) groups is 2. The predicted molar refractivity (Wildman–Crippen MR) is 84.1 cm³/mol. The molecule has 0 unspecified atom stereocenters. The molecule has 0 atom stereocenters. The average molecular weight is 319 g/mol. The van der Waals surface area contributed by atoms with Crippen molar-refractivity contribution in [1.82, 2.24) is 25.0 Å². The molecule has 1 aromatic rings.